The number of alkyl halides is 1. The highest BCUT2D eigenvalue weighted by molar-refractivity contribution is 5.94. The largest absolute Gasteiger partial charge is 0.328 e. The van der Waals surface area contributed by atoms with Crippen LogP contribution in [0.4, 0.5) is 13.2 Å². The van der Waals surface area contributed by atoms with E-state index in [-0.39, 0.29) is 36.6 Å². The van der Waals surface area contributed by atoms with E-state index in [2.05, 4.69) is 15.1 Å². The minimum Gasteiger partial charge on any atom is -0.328 e. The zero-order chi connectivity index (χ0) is 28.2. The van der Waals surface area contributed by atoms with Gasteiger partial charge in [0.15, 0.2) is 11.6 Å². The fourth-order valence-electron chi connectivity index (χ4n) is 4.45. The Kier molecular flexibility index (Phi) is 8.44. The van der Waals surface area contributed by atoms with Gasteiger partial charge in [0.2, 0.25) is 0 Å². The third kappa shape index (κ3) is 6.51. The molecule has 2 aromatic heterocycles. The third-order valence-electron chi connectivity index (χ3n) is 6.24. The number of hydrogen-bond donors (Lipinski definition) is 1. The van der Waals surface area contributed by atoms with Crippen LogP contribution < -0.4 is 5.73 Å². The fraction of sp³-hybridized carbons (Fsp3) is 0.310. The van der Waals surface area contributed by atoms with E-state index in [0.717, 1.165) is 23.8 Å². The molecule has 0 bridgehead atoms. The van der Waals surface area contributed by atoms with E-state index in [4.69, 9.17) is 5.73 Å². The normalized spacial score (nSPS) is 13.2. The monoisotopic (exact) mass is 536 g/mol. The highest BCUT2D eigenvalue weighted by atomic mass is 19.1. The molecule has 0 fully saturated rings. The van der Waals surface area contributed by atoms with Crippen molar-refractivity contribution in [1.29, 1.82) is 0 Å². The predicted octanol–water partition coefficient (Wildman–Crippen LogP) is 5.19. The van der Waals surface area contributed by atoms with Crippen LogP contribution in [0, 0.1) is 17.0 Å². The van der Waals surface area contributed by atoms with Gasteiger partial charge < -0.3 is 10.6 Å². The number of benzene rings is 2. The van der Waals surface area contributed by atoms with Crippen molar-refractivity contribution in [3.63, 3.8) is 0 Å². The van der Waals surface area contributed by atoms with Crippen LogP contribution >= 0.6 is 0 Å². The van der Waals surface area contributed by atoms with Crippen LogP contribution in [-0.2, 0) is 6.54 Å². The zero-order valence-electron chi connectivity index (χ0n) is 22.1. The molecule has 10 heteroatoms. The Morgan fingerprint density at radius 1 is 1.08 bits per heavy atom. The van der Waals surface area contributed by atoms with Gasteiger partial charge >= 0.3 is 0 Å². The molecule has 39 heavy (non-hydrogen) atoms. The van der Waals surface area contributed by atoms with Gasteiger partial charge in [0.25, 0.3) is 5.91 Å². The predicted molar refractivity (Wildman–Crippen MR) is 142 cm³/mol. The molecule has 2 aromatic carbocycles. The lowest BCUT2D eigenvalue weighted by Gasteiger charge is -2.40. The average molecular weight is 537 g/mol. The van der Waals surface area contributed by atoms with Crippen LogP contribution in [-0.4, -0.2) is 49.8 Å². The van der Waals surface area contributed by atoms with E-state index in [1.54, 1.807) is 16.8 Å². The second-order valence-corrected chi connectivity index (χ2v) is 10.4. The molecule has 2 heterocycles. The maximum atomic E-state index is 14.9. The summed E-state index contributed by atoms with van der Waals surface area (Å²) < 4.78 is 45.3. The molecule has 0 aliphatic carbocycles. The van der Waals surface area contributed by atoms with Gasteiger partial charge in [-0.3, -0.25) is 9.78 Å². The van der Waals surface area contributed by atoms with E-state index in [9.17, 15) is 18.0 Å². The summed E-state index contributed by atoms with van der Waals surface area (Å²) in [6.45, 7) is 5.30. The summed E-state index contributed by atoms with van der Waals surface area (Å²) in [5.74, 6) is -1.55. The Hall–Kier alpha value is -4.05. The Labute approximate surface area is 225 Å². The Morgan fingerprint density at radius 2 is 1.82 bits per heavy atom. The standard InChI is InChI=1S/C29H31F3N6O/c1-29(2,3)25(37(18-22(31)15-33)28(39)20-10-7-13-34-16-20)27-35-26(23-14-21(30)11-12-24(23)32)36-38(27)17-19-8-5-4-6-9-19/h4-14,16,22,25H,15,17-18,33H2,1-3H3/t22-,25?/m0/s1. The van der Waals surface area contributed by atoms with Gasteiger partial charge in [0.05, 0.1) is 30.3 Å². The number of nitrogens with two attached hydrogens (primary N) is 1. The lowest BCUT2D eigenvalue weighted by molar-refractivity contribution is 0.0399. The van der Waals surface area contributed by atoms with Crippen LogP contribution in [0.25, 0.3) is 11.4 Å². The molecule has 2 atom stereocenters. The molecule has 0 aliphatic heterocycles. The topological polar surface area (TPSA) is 89.9 Å². The SMILES string of the molecule is CC(C)(C)C(c1nc(-c2cc(F)ccc2F)nn1Cc1ccccc1)N(C[C@@H](F)CN)C(=O)c1cccnc1. The molecule has 204 valence electrons. The number of aromatic nitrogens is 4. The van der Waals surface area contributed by atoms with E-state index in [1.165, 1.54) is 17.3 Å². The van der Waals surface area contributed by atoms with Gasteiger partial charge in [-0.1, -0.05) is 51.1 Å². The van der Waals surface area contributed by atoms with E-state index in [1.807, 2.05) is 51.1 Å². The summed E-state index contributed by atoms with van der Waals surface area (Å²) in [6.07, 6.45) is 1.44. The number of hydrogen-bond acceptors (Lipinski definition) is 5. The highest BCUT2D eigenvalue weighted by Crippen LogP contribution is 2.39. The van der Waals surface area contributed by atoms with Crippen LogP contribution in [0.2, 0.25) is 0 Å². The van der Waals surface area contributed by atoms with Gasteiger partial charge in [-0.2, -0.15) is 5.10 Å². The first kappa shape index (κ1) is 28.0. The molecule has 4 rings (SSSR count). The lowest BCUT2D eigenvalue weighted by atomic mass is 9.84. The fourth-order valence-corrected chi connectivity index (χ4v) is 4.45. The van der Waals surface area contributed by atoms with Crippen molar-refractivity contribution in [2.24, 2.45) is 11.1 Å². The van der Waals surface area contributed by atoms with Crippen molar-refractivity contribution >= 4 is 5.91 Å². The Balaban J connectivity index is 1.92. The first-order valence-electron chi connectivity index (χ1n) is 12.6. The Morgan fingerprint density at radius 3 is 2.46 bits per heavy atom. The van der Waals surface area contributed by atoms with Crippen molar-refractivity contribution in [3.8, 4) is 11.4 Å². The smallest absolute Gasteiger partial charge is 0.256 e. The summed E-state index contributed by atoms with van der Waals surface area (Å²) in [7, 11) is 0. The van der Waals surface area contributed by atoms with Crippen molar-refractivity contribution in [2.45, 2.75) is 39.5 Å². The average Bonchev–Trinajstić information content (AvgIpc) is 3.31. The summed E-state index contributed by atoms with van der Waals surface area (Å²) in [4.78, 5) is 23.9. The lowest BCUT2D eigenvalue weighted by Crippen LogP contribution is -2.46. The summed E-state index contributed by atoms with van der Waals surface area (Å²) in [6, 6.07) is 14.8. The highest BCUT2D eigenvalue weighted by Gasteiger charge is 2.40. The molecule has 1 amide bonds. The van der Waals surface area contributed by atoms with Gasteiger partial charge in [0, 0.05) is 18.9 Å². The number of carbonyl (C=O) groups is 1. The maximum absolute atomic E-state index is 14.9. The first-order valence-corrected chi connectivity index (χ1v) is 12.6. The van der Waals surface area contributed by atoms with Crippen LogP contribution in [0.15, 0.2) is 73.1 Å². The molecular formula is C29H31F3N6O. The molecule has 7 nitrogen and oxygen atoms in total. The van der Waals surface area contributed by atoms with E-state index in [0.29, 0.717) is 5.82 Å². The quantitative estimate of drug-likeness (QED) is 0.318. The number of nitrogens with zero attached hydrogens (tertiary/aromatic N) is 5. The first-order chi connectivity index (χ1) is 18.6. The van der Waals surface area contributed by atoms with Crippen molar-refractivity contribution < 1.29 is 18.0 Å². The molecule has 4 aromatic rings. The molecule has 0 saturated carbocycles. The third-order valence-corrected chi connectivity index (χ3v) is 6.24. The van der Waals surface area contributed by atoms with Gasteiger partial charge in [0.1, 0.15) is 17.8 Å². The molecule has 0 spiro atoms. The minimum atomic E-state index is -1.51. The molecule has 1 unspecified atom stereocenters. The molecular weight excluding hydrogens is 505 g/mol. The number of carbonyl (C=O) groups excluding carboxylic acids is 1. The van der Waals surface area contributed by atoms with Crippen molar-refractivity contribution in [3.05, 3.63) is 102 Å². The number of pyridine rings is 1. The van der Waals surface area contributed by atoms with Crippen LogP contribution in [0.1, 0.15) is 48.6 Å². The van der Waals surface area contributed by atoms with Crippen molar-refractivity contribution in [2.75, 3.05) is 13.1 Å². The number of amides is 1. The maximum Gasteiger partial charge on any atom is 0.256 e. The van der Waals surface area contributed by atoms with Crippen molar-refractivity contribution in [1.82, 2.24) is 24.6 Å². The number of halogens is 3. The van der Waals surface area contributed by atoms with Crippen LogP contribution in [0.5, 0.6) is 0 Å². The number of rotatable bonds is 9. The minimum absolute atomic E-state index is 0.0448. The zero-order valence-corrected chi connectivity index (χ0v) is 22.1. The summed E-state index contributed by atoms with van der Waals surface area (Å²) in [5, 5.41) is 4.56. The molecule has 0 aliphatic rings. The van der Waals surface area contributed by atoms with Gasteiger partial charge in [-0.25, -0.2) is 22.8 Å². The Bertz CT molecular complexity index is 1410. The van der Waals surface area contributed by atoms with Gasteiger partial charge in [-0.15, -0.1) is 0 Å². The molecule has 0 saturated heterocycles. The van der Waals surface area contributed by atoms with E-state index < -0.39 is 35.2 Å². The van der Waals surface area contributed by atoms with Crippen LogP contribution in [0.3, 0.4) is 0 Å². The van der Waals surface area contributed by atoms with E-state index >= 15 is 0 Å². The second kappa shape index (κ2) is 11.8. The summed E-state index contributed by atoms with van der Waals surface area (Å²) in [5.41, 5.74) is 5.94. The summed E-state index contributed by atoms with van der Waals surface area (Å²) >= 11 is 0. The second-order valence-electron chi connectivity index (χ2n) is 10.4. The molecule has 0 radical (unpaired) electrons. The van der Waals surface area contributed by atoms with Gasteiger partial charge in [-0.05, 0) is 41.3 Å². The molecule has 2 N–H and O–H groups in total.